The number of carbonyl (C=O) groups is 1. The van der Waals surface area contributed by atoms with Crippen molar-refractivity contribution in [1.29, 1.82) is 0 Å². The van der Waals surface area contributed by atoms with Crippen LogP contribution in [0.15, 0.2) is 77.7 Å². The summed E-state index contributed by atoms with van der Waals surface area (Å²) in [6, 6.07) is 18.9. The molecule has 0 fully saturated rings. The lowest BCUT2D eigenvalue weighted by Gasteiger charge is -2.28. The molecule has 9 heteroatoms. The van der Waals surface area contributed by atoms with Crippen LogP contribution in [0.25, 0.3) is 0 Å². The minimum absolute atomic E-state index is 0.126. The van der Waals surface area contributed by atoms with Crippen molar-refractivity contribution >= 4 is 44.8 Å². The van der Waals surface area contributed by atoms with Crippen molar-refractivity contribution in [1.82, 2.24) is 4.31 Å². The Morgan fingerprint density at radius 2 is 1.59 bits per heavy atom. The predicted molar refractivity (Wildman–Crippen MR) is 127 cm³/mol. The standard InChI is InChI=1S/C23H22Cl2N2O4S/c1-27(32(29,30)21-6-4-3-5-7-21)22(16-8-10-20(31-2)11-9-16)15-23(28)26-19-13-17(24)12-18(25)14-19/h3-14,22H,15H2,1-2H3,(H,26,28)/t22-/m0/s1. The summed E-state index contributed by atoms with van der Waals surface area (Å²) in [6.07, 6.45) is -0.126. The number of ether oxygens (including phenoxy) is 1. The molecule has 0 bridgehead atoms. The van der Waals surface area contributed by atoms with Gasteiger partial charge in [0.2, 0.25) is 15.9 Å². The number of anilines is 1. The fraction of sp³-hybridized carbons (Fsp3) is 0.174. The minimum Gasteiger partial charge on any atom is -0.497 e. The lowest BCUT2D eigenvalue weighted by atomic mass is 10.0. The monoisotopic (exact) mass is 492 g/mol. The molecular formula is C23H22Cl2N2O4S. The van der Waals surface area contributed by atoms with Crippen LogP contribution in [0.5, 0.6) is 5.75 Å². The van der Waals surface area contributed by atoms with E-state index in [2.05, 4.69) is 5.32 Å². The molecule has 0 aliphatic heterocycles. The maximum atomic E-state index is 13.2. The molecule has 1 amide bonds. The van der Waals surface area contributed by atoms with E-state index >= 15 is 0 Å². The number of benzene rings is 3. The molecule has 1 N–H and O–H groups in total. The fourth-order valence-corrected chi connectivity index (χ4v) is 5.11. The van der Waals surface area contributed by atoms with Crippen LogP contribution in [0.2, 0.25) is 10.0 Å². The molecule has 0 aliphatic rings. The zero-order chi connectivity index (χ0) is 23.3. The van der Waals surface area contributed by atoms with Gasteiger partial charge in [-0.05, 0) is 48.0 Å². The molecule has 0 aromatic heterocycles. The van der Waals surface area contributed by atoms with Gasteiger partial charge in [0.05, 0.1) is 18.0 Å². The van der Waals surface area contributed by atoms with Crippen molar-refractivity contribution in [3.63, 3.8) is 0 Å². The molecule has 32 heavy (non-hydrogen) atoms. The van der Waals surface area contributed by atoms with Gasteiger partial charge in [-0.15, -0.1) is 0 Å². The van der Waals surface area contributed by atoms with E-state index in [4.69, 9.17) is 27.9 Å². The molecule has 0 spiro atoms. The number of methoxy groups -OCH3 is 1. The molecule has 0 radical (unpaired) electrons. The molecule has 0 unspecified atom stereocenters. The Hall–Kier alpha value is -2.58. The normalized spacial score (nSPS) is 12.4. The Bertz CT molecular complexity index is 1170. The Labute approximate surface area is 197 Å². The van der Waals surface area contributed by atoms with Gasteiger partial charge in [0.1, 0.15) is 5.75 Å². The van der Waals surface area contributed by atoms with Gasteiger partial charge in [0.15, 0.2) is 0 Å². The van der Waals surface area contributed by atoms with Crippen LogP contribution in [0.1, 0.15) is 18.0 Å². The van der Waals surface area contributed by atoms with Crippen LogP contribution in [-0.4, -0.2) is 32.8 Å². The van der Waals surface area contributed by atoms with E-state index in [1.54, 1.807) is 67.8 Å². The number of nitrogens with zero attached hydrogens (tertiary/aromatic N) is 1. The number of nitrogens with one attached hydrogen (secondary N) is 1. The highest BCUT2D eigenvalue weighted by molar-refractivity contribution is 7.89. The summed E-state index contributed by atoms with van der Waals surface area (Å²) in [5.41, 5.74) is 1.07. The van der Waals surface area contributed by atoms with Crippen LogP contribution >= 0.6 is 23.2 Å². The SMILES string of the molecule is COc1ccc([C@H](CC(=O)Nc2cc(Cl)cc(Cl)c2)N(C)S(=O)(=O)c2ccccc2)cc1. The number of hydrogen-bond donors (Lipinski definition) is 1. The summed E-state index contributed by atoms with van der Waals surface area (Å²) in [5, 5.41) is 3.49. The van der Waals surface area contributed by atoms with E-state index in [-0.39, 0.29) is 17.2 Å². The van der Waals surface area contributed by atoms with Crippen LogP contribution in [-0.2, 0) is 14.8 Å². The van der Waals surface area contributed by atoms with Gasteiger partial charge in [-0.25, -0.2) is 8.42 Å². The summed E-state index contributed by atoms with van der Waals surface area (Å²) in [7, 11) is -0.851. The number of rotatable bonds is 8. The average molecular weight is 493 g/mol. The van der Waals surface area contributed by atoms with Gasteiger partial charge in [-0.3, -0.25) is 4.79 Å². The summed E-state index contributed by atoms with van der Waals surface area (Å²) in [6.45, 7) is 0. The first-order valence-corrected chi connectivity index (χ1v) is 11.8. The molecule has 0 aliphatic carbocycles. The number of hydrogen-bond acceptors (Lipinski definition) is 4. The van der Waals surface area contributed by atoms with E-state index in [0.29, 0.717) is 27.0 Å². The van der Waals surface area contributed by atoms with Crippen molar-refractivity contribution in [2.24, 2.45) is 0 Å². The first-order chi connectivity index (χ1) is 15.2. The van der Waals surface area contributed by atoms with Crippen molar-refractivity contribution in [2.45, 2.75) is 17.4 Å². The van der Waals surface area contributed by atoms with Crippen LogP contribution in [0.4, 0.5) is 5.69 Å². The van der Waals surface area contributed by atoms with Crippen molar-refractivity contribution < 1.29 is 17.9 Å². The van der Waals surface area contributed by atoms with Crippen LogP contribution in [0, 0.1) is 0 Å². The second-order valence-electron chi connectivity index (χ2n) is 7.03. The van der Waals surface area contributed by atoms with Gasteiger partial charge < -0.3 is 10.1 Å². The predicted octanol–water partition coefficient (Wildman–Crippen LogP) is 5.39. The van der Waals surface area contributed by atoms with Crippen molar-refractivity contribution in [2.75, 3.05) is 19.5 Å². The quantitative estimate of drug-likeness (QED) is 0.457. The zero-order valence-corrected chi connectivity index (χ0v) is 19.8. The largest absolute Gasteiger partial charge is 0.497 e. The lowest BCUT2D eigenvalue weighted by Crippen LogP contribution is -2.33. The maximum absolute atomic E-state index is 13.2. The molecule has 3 aromatic rings. The molecule has 1 atom stereocenters. The highest BCUT2D eigenvalue weighted by Gasteiger charge is 2.31. The highest BCUT2D eigenvalue weighted by Crippen LogP contribution is 2.31. The Morgan fingerprint density at radius 3 is 2.16 bits per heavy atom. The van der Waals surface area contributed by atoms with Crippen LogP contribution in [0.3, 0.4) is 0 Å². The molecule has 168 valence electrons. The Kier molecular flexibility index (Phi) is 7.79. The number of halogens is 2. The van der Waals surface area contributed by atoms with Crippen molar-refractivity contribution in [3.8, 4) is 5.75 Å². The maximum Gasteiger partial charge on any atom is 0.243 e. The summed E-state index contributed by atoms with van der Waals surface area (Å²) in [4.78, 5) is 13.0. The van der Waals surface area contributed by atoms with Gasteiger partial charge in [-0.1, -0.05) is 53.5 Å². The lowest BCUT2D eigenvalue weighted by molar-refractivity contribution is -0.117. The molecule has 3 rings (SSSR count). The van der Waals surface area contributed by atoms with Gasteiger partial charge >= 0.3 is 0 Å². The topological polar surface area (TPSA) is 75.7 Å². The van der Waals surface area contributed by atoms with Crippen LogP contribution < -0.4 is 10.1 Å². The van der Waals surface area contributed by atoms with E-state index in [9.17, 15) is 13.2 Å². The summed E-state index contributed by atoms with van der Waals surface area (Å²) >= 11 is 12.0. The minimum atomic E-state index is -3.85. The molecule has 0 saturated heterocycles. The number of carbonyl (C=O) groups excluding carboxylic acids is 1. The summed E-state index contributed by atoms with van der Waals surface area (Å²) < 4.78 is 32.9. The second kappa shape index (κ2) is 10.4. The molecule has 3 aromatic carbocycles. The second-order valence-corrected chi connectivity index (χ2v) is 9.90. The van der Waals surface area contributed by atoms with E-state index < -0.39 is 16.1 Å². The van der Waals surface area contributed by atoms with E-state index in [1.165, 1.54) is 23.5 Å². The molecular weight excluding hydrogens is 471 g/mol. The van der Waals surface area contributed by atoms with Gasteiger partial charge in [-0.2, -0.15) is 4.31 Å². The average Bonchev–Trinajstić information content (AvgIpc) is 2.77. The van der Waals surface area contributed by atoms with Gasteiger partial charge in [0.25, 0.3) is 0 Å². The fourth-order valence-electron chi connectivity index (χ4n) is 3.22. The smallest absolute Gasteiger partial charge is 0.243 e. The first-order valence-electron chi connectivity index (χ1n) is 9.63. The molecule has 0 saturated carbocycles. The third kappa shape index (κ3) is 5.81. The zero-order valence-electron chi connectivity index (χ0n) is 17.5. The van der Waals surface area contributed by atoms with E-state index in [0.717, 1.165) is 0 Å². The van der Waals surface area contributed by atoms with Crippen molar-refractivity contribution in [3.05, 3.63) is 88.4 Å². The third-order valence-corrected chi connectivity index (χ3v) is 7.20. The molecule has 0 heterocycles. The third-order valence-electron chi connectivity index (χ3n) is 4.88. The molecule has 6 nitrogen and oxygen atoms in total. The first kappa shape index (κ1) is 24.1. The Morgan fingerprint density at radius 1 is 1.00 bits per heavy atom. The number of amides is 1. The summed E-state index contributed by atoms with van der Waals surface area (Å²) in [5.74, 6) is 0.235. The van der Waals surface area contributed by atoms with Gasteiger partial charge in [0, 0.05) is 29.2 Å². The highest BCUT2D eigenvalue weighted by atomic mass is 35.5. The number of sulfonamides is 1. The van der Waals surface area contributed by atoms with E-state index in [1.807, 2.05) is 0 Å². The Balaban J connectivity index is 1.92.